The molecule has 0 aliphatic heterocycles. The zero-order valence-electron chi connectivity index (χ0n) is 11.6. The lowest BCUT2D eigenvalue weighted by Crippen LogP contribution is -2.43. The molecule has 1 aromatic rings. The highest BCUT2D eigenvalue weighted by Gasteiger charge is 2.29. The smallest absolute Gasteiger partial charge is 0.326 e. The molecule has 0 fully saturated rings. The summed E-state index contributed by atoms with van der Waals surface area (Å²) in [6.45, 7) is 0. The molecule has 1 aromatic heterocycles. The number of Topliss-reactive ketones (excluding diaryl/α,β-unsaturated/α-hetero) is 1. The maximum atomic E-state index is 12.0. The first kappa shape index (κ1) is 17.2. The molecule has 118 valence electrons. The fourth-order valence-corrected chi connectivity index (χ4v) is 1.60. The van der Waals surface area contributed by atoms with E-state index in [9.17, 15) is 14.4 Å². The fraction of sp³-hybridized carbons (Fsp3) is 0.417. The van der Waals surface area contributed by atoms with Crippen molar-refractivity contribution in [1.29, 1.82) is 0 Å². The molecule has 0 saturated heterocycles. The van der Waals surface area contributed by atoms with Gasteiger partial charge in [-0.1, -0.05) is 0 Å². The normalized spacial score (nSPS) is 12.8. The van der Waals surface area contributed by atoms with Crippen LogP contribution in [-0.2, 0) is 19.1 Å². The van der Waals surface area contributed by atoms with Crippen molar-refractivity contribution in [2.24, 2.45) is 0 Å². The average Bonchev–Trinajstić information content (AvgIpc) is 2.98. The van der Waals surface area contributed by atoms with Gasteiger partial charge in [0.15, 0.2) is 0 Å². The molecule has 10 heteroatoms. The van der Waals surface area contributed by atoms with E-state index in [0.29, 0.717) is 6.21 Å². The highest BCUT2D eigenvalue weighted by atomic mass is 16.5. The Morgan fingerprint density at radius 3 is 2.82 bits per heavy atom. The van der Waals surface area contributed by atoms with Crippen molar-refractivity contribution in [3.63, 3.8) is 0 Å². The molecule has 1 heterocycles. The number of oxazole rings is 1. The van der Waals surface area contributed by atoms with E-state index in [4.69, 9.17) is 19.8 Å². The summed E-state index contributed by atoms with van der Waals surface area (Å²) < 4.78 is 9.86. The molecule has 10 nitrogen and oxygen atoms in total. The number of hydrogen-bond donors (Lipinski definition) is 2. The number of methoxy groups -OCH3 is 1. The zero-order valence-corrected chi connectivity index (χ0v) is 11.6. The third kappa shape index (κ3) is 4.93. The number of carboxylic acid groups (broad SMARTS) is 1. The minimum absolute atomic E-state index is 0.0207. The lowest BCUT2D eigenvalue weighted by atomic mass is 10.1. The van der Waals surface area contributed by atoms with Crippen LogP contribution in [0.2, 0.25) is 0 Å². The Hall–Kier alpha value is -2.84. The van der Waals surface area contributed by atoms with Gasteiger partial charge in [0, 0.05) is 13.5 Å². The summed E-state index contributed by atoms with van der Waals surface area (Å²) in [5, 5.41) is 11.3. The molecule has 0 saturated carbocycles. The van der Waals surface area contributed by atoms with Crippen molar-refractivity contribution < 1.29 is 33.4 Å². The van der Waals surface area contributed by atoms with Crippen molar-refractivity contribution >= 4 is 23.9 Å². The molecule has 0 unspecified atom stereocenters. The van der Waals surface area contributed by atoms with Crippen LogP contribution in [-0.4, -0.2) is 51.9 Å². The number of aliphatic carboxylic acids is 1. The standard InChI is InChI=1S/C12H14N4O6/c1-21-9(11-14-4-5-22-11)10(18)16-8(12(19)20)3-2-7(17)6-15-13/h4-6,8-9H,2-3H2,1H3,(H,16,18)(H,19,20)/t8-,9+/m0/s1. The lowest BCUT2D eigenvalue weighted by Gasteiger charge is -2.17. The first-order valence-electron chi connectivity index (χ1n) is 6.15. The summed E-state index contributed by atoms with van der Waals surface area (Å²) in [4.78, 5) is 40.6. The molecular weight excluding hydrogens is 296 g/mol. The molecule has 0 bridgehead atoms. The first-order valence-corrected chi connectivity index (χ1v) is 6.15. The van der Waals surface area contributed by atoms with Gasteiger partial charge in [-0.2, -0.15) is 4.79 Å². The van der Waals surface area contributed by atoms with Gasteiger partial charge < -0.3 is 25.1 Å². The number of nitrogens with zero attached hydrogens (tertiary/aromatic N) is 3. The Labute approximate surface area is 124 Å². The zero-order chi connectivity index (χ0) is 16.5. The van der Waals surface area contributed by atoms with E-state index in [-0.39, 0.29) is 18.7 Å². The van der Waals surface area contributed by atoms with E-state index in [1.54, 1.807) is 0 Å². The van der Waals surface area contributed by atoms with Crippen molar-refractivity contribution in [3.05, 3.63) is 23.9 Å². The Bertz CT molecular complexity index is 578. The molecule has 2 N–H and O–H groups in total. The number of ether oxygens (including phenoxy) is 1. The Kier molecular flexibility index (Phi) is 6.61. The SMILES string of the molecule is CO[C@H](C(=O)N[C@@H](CCC(=O)C=[N+]=[N-])C(=O)O)c1ncco1. The molecule has 0 aliphatic carbocycles. The van der Waals surface area contributed by atoms with Crippen molar-refractivity contribution in [2.45, 2.75) is 25.0 Å². The minimum Gasteiger partial charge on any atom is -0.480 e. The number of carboxylic acids is 1. The lowest BCUT2D eigenvalue weighted by molar-refractivity contribution is -0.144. The Morgan fingerprint density at radius 1 is 1.59 bits per heavy atom. The number of amides is 1. The monoisotopic (exact) mass is 310 g/mol. The van der Waals surface area contributed by atoms with Gasteiger partial charge in [-0.25, -0.2) is 9.78 Å². The van der Waals surface area contributed by atoms with Gasteiger partial charge in [0.25, 0.3) is 5.91 Å². The van der Waals surface area contributed by atoms with E-state index in [0.717, 1.165) is 0 Å². The third-order valence-corrected chi connectivity index (χ3v) is 2.65. The molecule has 0 aromatic carbocycles. The number of hydrogen-bond acceptors (Lipinski definition) is 6. The average molecular weight is 310 g/mol. The molecule has 0 aliphatic rings. The molecular formula is C12H14N4O6. The summed E-state index contributed by atoms with van der Waals surface area (Å²) in [6, 6.07) is -1.31. The van der Waals surface area contributed by atoms with Gasteiger partial charge in [0.05, 0.1) is 6.20 Å². The number of carbonyl (C=O) groups is 3. The summed E-state index contributed by atoms with van der Waals surface area (Å²) in [7, 11) is 1.24. The quantitative estimate of drug-likeness (QED) is 0.356. The van der Waals surface area contributed by atoms with E-state index in [2.05, 4.69) is 15.1 Å². The van der Waals surface area contributed by atoms with Crippen LogP contribution in [0.5, 0.6) is 0 Å². The maximum Gasteiger partial charge on any atom is 0.326 e. The van der Waals surface area contributed by atoms with Gasteiger partial charge in [0.2, 0.25) is 17.8 Å². The van der Waals surface area contributed by atoms with Gasteiger partial charge in [-0.15, -0.1) is 0 Å². The second-order valence-electron chi connectivity index (χ2n) is 4.14. The second kappa shape index (κ2) is 8.45. The highest BCUT2D eigenvalue weighted by Crippen LogP contribution is 2.15. The summed E-state index contributed by atoms with van der Waals surface area (Å²) in [5.74, 6) is -2.67. The van der Waals surface area contributed by atoms with Crippen LogP contribution in [0.3, 0.4) is 0 Å². The van der Waals surface area contributed by atoms with Crippen LogP contribution in [0.4, 0.5) is 0 Å². The number of ketones is 1. The van der Waals surface area contributed by atoms with Crippen molar-refractivity contribution in [3.8, 4) is 0 Å². The van der Waals surface area contributed by atoms with Crippen LogP contribution >= 0.6 is 0 Å². The Balaban J connectivity index is 2.69. The van der Waals surface area contributed by atoms with Gasteiger partial charge in [0.1, 0.15) is 12.3 Å². The van der Waals surface area contributed by atoms with Crippen molar-refractivity contribution in [1.82, 2.24) is 10.3 Å². The van der Waals surface area contributed by atoms with Crippen LogP contribution < -0.4 is 5.32 Å². The van der Waals surface area contributed by atoms with Gasteiger partial charge in [-0.3, -0.25) is 9.59 Å². The number of aromatic nitrogens is 1. The van der Waals surface area contributed by atoms with Crippen LogP contribution in [0.1, 0.15) is 24.8 Å². The number of carbonyl (C=O) groups excluding carboxylic acids is 2. The van der Waals surface area contributed by atoms with Gasteiger partial charge in [-0.05, 0) is 6.42 Å². The summed E-state index contributed by atoms with van der Waals surface area (Å²) in [5.41, 5.74) is 8.20. The fourth-order valence-electron chi connectivity index (χ4n) is 1.60. The van der Waals surface area contributed by atoms with Crippen molar-refractivity contribution in [2.75, 3.05) is 7.11 Å². The molecule has 0 spiro atoms. The minimum atomic E-state index is -1.32. The van der Waals surface area contributed by atoms with Gasteiger partial charge >= 0.3 is 12.2 Å². The van der Waals surface area contributed by atoms with Crippen LogP contribution in [0.15, 0.2) is 16.9 Å². The molecule has 22 heavy (non-hydrogen) atoms. The number of rotatable bonds is 9. The molecule has 0 radical (unpaired) electrons. The van der Waals surface area contributed by atoms with Crippen LogP contribution in [0, 0.1) is 0 Å². The van der Waals surface area contributed by atoms with Crippen LogP contribution in [0.25, 0.3) is 5.53 Å². The number of nitrogens with one attached hydrogen (secondary N) is 1. The molecule has 1 amide bonds. The summed E-state index contributed by atoms with van der Waals surface area (Å²) >= 11 is 0. The van der Waals surface area contributed by atoms with E-state index in [1.807, 2.05) is 0 Å². The molecule has 1 rings (SSSR count). The van der Waals surface area contributed by atoms with E-state index >= 15 is 0 Å². The highest BCUT2D eigenvalue weighted by molar-refractivity contribution is 6.25. The largest absolute Gasteiger partial charge is 0.480 e. The predicted octanol–water partition coefficient (Wildman–Crippen LogP) is -0.419. The van der Waals surface area contributed by atoms with E-state index < -0.39 is 29.8 Å². The topological polar surface area (TPSA) is 155 Å². The maximum absolute atomic E-state index is 12.0. The molecule has 2 atom stereocenters. The Morgan fingerprint density at radius 2 is 2.32 bits per heavy atom. The third-order valence-electron chi connectivity index (χ3n) is 2.65. The second-order valence-corrected chi connectivity index (χ2v) is 4.14. The first-order chi connectivity index (χ1) is 10.5. The predicted molar refractivity (Wildman–Crippen MR) is 69.7 cm³/mol. The summed E-state index contributed by atoms with van der Waals surface area (Å²) in [6.07, 6.45) is 1.63. The van der Waals surface area contributed by atoms with E-state index in [1.165, 1.54) is 19.6 Å².